The van der Waals surface area contributed by atoms with Crippen LogP contribution in [0.2, 0.25) is 0 Å². The van der Waals surface area contributed by atoms with Crippen LogP contribution in [-0.4, -0.2) is 40.0 Å². The van der Waals surface area contributed by atoms with Crippen molar-refractivity contribution >= 4 is 45.6 Å². The van der Waals surface area contributed by atoms with Gasteiger partial charge in [0.1, 0.15) is 5.75 Å². The van der Waals surface area contributed by atoms with Crippen LogP contribution in [-0.2, 0) is 16.6 Å². The molecule has 0 radical (unpaired) electrons. The SMILES string of the molecule is CCOC(=O)/C(=N\N=c1/sc(C(C)=O)c(C)n1C)Sc1ccc(OC)cc1[N+](=O)[O-]. The zero-order chi connectivity index (χ0) is 22.4. The Morgan fingerprint density at radius 1 is 1.37 bits per heavy atom. The van der Waals surface area contributed by atoms with Crippen molar-refractivity contribution in [2.24, 2.45) is 17.3 Å². The number of ketones is 1. The number of Topliss-reactive ketones (excluding diaryl/α,β-unsaturated/α-hetero) is 1. The van der Waals surface area contributed by atoms with Gasteiger partial charge in [-0.1, -0.05) is 23.1 Å². The highest BCUT2D eigenvalue weighted by Gasteiger charge is 2.22. The molecule has 0 saturated heterocycles. The molecule has 160 valence electrons. The number of rotatable bonds is 6. The number of benzene rings is 1. The Morgan fingerprint density at radius 2 is 2.07 bits per heavy atom. The highest BCUT2D eigenvalue weighted by atomic mass is 32.2. The van der Waals surface area contributed by atoms with Crippen molar-refractivity contribution in [2.45, 2.75) is 25.7 Å². The van der Waals surface area contributed by atoms with Gasteiger partial charge in [-0.15, -0.1) is 10.2 Å². The number of ether oxygens (including phenoxy) is 2. The minimum Gasteiger partial charge on any atom is -0.497 e. The van der Waals surface area contributed by atoms with Crippen LogP contribution < -0.4 is 9.54 Å². The van der Waals surface area contributed by atoms with E-state index < -0.39 is 10.9 Å². The van der Waals surface area contributed by atoms with E-state index in [9.17, 15) is 19.7 Å². The number of nitro benzene ring substituents is 1. The smallest absolute Gasteiger partial charge is 0.365 e. The molecule has 0 spiro atoms. The van der Waals surface area contributed by atoms with Gasteiger partial charge in [0.25, 0.3) is 5.69 Å². The summed E-state index contributed by atoms with van der Waals surface area (Å²) in [6.45, 7) is 4.96. The zero-order valence-corrected chi connectivity index (χ0v) is 18.6. The molecule has 0 fully saturated rings. The number of hydrogen-bond acceptors (Lipinski definition) is 10. The second-order valence-corrected chi connectivity index (χ2v) is 7.84. The molecule has 0 aliphatic carbocycles. The fourth-order valence-electron chi connectivity index (χ4n) is 2.28. The lowest BCUT2D eigenvalue weighted by molar-refractivity contribution is -0.387. The van der Waals surface area contributed by atoms with Gasteiger partial charge in [-0.25, -0.2) is 4.79 Å². The number of nitro groups is 1. The first-order valence-corrected chi connectivity index (χ1v) is 10.3. The summed E-state index contributed by atoms with van der Waals surface area (Å²) in [6.07, 6.45) is 0. The summed E-state index contributed by atoms with van der Waals surface area (Å²) in [4.78, 5) is 36.0. The molecule has 0 aliphatic rings. The van der Waals surface area contributed by atoms with Gasteiger partial charge in [0.05, 0.1) is 34.5 Å². The number of carbonyl (C=O) groups is 2. The summed E-state index contributed by atoms with van der Waals surface area (Å²) in [5.74, 6) is -0.560. The number of thiazole rings is 1. The van der Waals surface area contributed by atoms with Crippen LogP contribution in [0.15, 0.2) is 33.3 Å². The Hall–Kier alpha value is -2.99. The number of thioether (sulfide) groups is 1. The molecule has 0 aliphatic heterocycles. The first-order chi connectivity index (χ1) is 14.2. The lowest BCUT2D eigenvalue weighted by Gasteiger charge is -2.06. The molecule has 2 rings (SSSR count). The minimum atomic E-state index is -0.765. The maximum Gasteiger partial charge on any atom is 0.365 e. The normalized spacial score (nSPS) is 12.0. The maximum absolute atomic E-state index is 12.4. The lowest BCUT2D eigenvalue weighted by atomic mass is 10.3. The van der Waals surface area contributed by atoms with Crippen molar-refractivity contribution in [3.05, 3.63) is 43.7 Å². The minimum absolute atomic E-state index is 0.101. The van der Waals surface area contributed by atoms with Gasteiger partial charge in [0, 0.05) is 19.7 Å². The summed E-state index contributed by atoms with van der Waals surface area (Å²) >= 11 is 1.90. The zero-order valence-electron chi connectivity index (χ0n) is 17.0. The quantitative estimate of drug-likeness (QED) is 0.125. The molecule has 2 aromatic rings. The van der Waals surface area contributed by atoms with Crippen molar-refractivity contribution in [1.29, 1.82) is 0 Å². The molecule has 12 heteroatoms. The van der Waals surface area contributed by atoms with Crippen LogP contribution in [0, 0.1) is 17.0 Å². The molecule has 0 atom stereocenters. The highest BCUT2D eigenvalue weighted by Crippen LogP contribution is 2.33. The Morgan fingerprint density at radius 3 is 2.60 bits per heavy atom. The number of hydrogen-bond donors (Lipinski definition) is 0. The maximum atomic E-state index is 12.4. The van der Waals surface area contributed by atoms with Crippen molar-refractivity contribution in [1.82, 2.24) is 4.57 Å². The van der Waals surface area contributed by atoms with E-state index in [-0.39, 0.29) is 28.0 Å². The molecule has 1 aromatic carbocycles. The van der Waals surface area contributed by atoms with Crippen LogP contribution in [0.4, 0.5) is 5.69 Å². The van der Waals surface area contributed by atoms with Gasteiger partial charge in [-0.3, -0.25) is 14.9 Å². The number of nitrogens with zero attached hydrogens (tertiary/aromatic N) is 4. The van der Waals surface area contributed by atoms with E-state index in [1.807, 2.05) is 0 Å². The summed E-state index contributed by atoms with van der Waals surface area (Å²) < 4.78 is 11.7. The molecule has 0 saturated carbocycles. The summed E-state index contributed by atoms with van der Waals surface area (Å²) in [7, 11) is 3.12. The van der Waals surface area contributed by atoms with Gasteiger partial charge < -0.3 is 14.0 Å². The fraction of sp³-hybridized carbons (Fsp3) is 0.333. The Labute approximate surface area is 180 Å². The molecule has 0 N–H and O–H groups in total. The molecule has 30 heavy (non-hydrogen) atoms. The van der Waals surface area contributed by atoms with Gasteiger partial charge >= 0.3 is 5.97 Å². The molecule has 10 nitrogen and oxygen atoms in total. The molecular weight excluding hydrogens is 432 g/mol. The topological polar surface area (TPSA) is 125 Å². The standard InChI is InChI=1S/C18H20N4O6S2/c1-6-28-17(24)16(19-20-18-21(4)10(2)15(30-18)11(3)23)29-14-8-7-12(27-5)9-13(14)22(25)26/h7-9H,6H2,1-5H3/b19-16+,20-18-. The Kier molecular flexibility index (Phi) is 7.89. The van der Waals surface area contributed by atoms with Crippen LogP contribution in [0.25, 0.3) is 0 Å². The van der Waals surface area contributed by atoms with E-state index >= 15 is 0 Å². The lowest BCUT2D eigenvalue weighted by Crippen LogP contribution is -2.16. The number of esters is 1. The summed E-state index contributed by atoms with van der Waals surface area (Å²) in [6, 6.07) is 4.25. The molecule has 1 heterocycles. The van der Waals surface area contributed by atoms with Crippen molar-refractivity contribution in [3.8, 4) is 5.75 Å². The Balaban J connectivity index is 2.53. The van der Waals surface area contributed by atoms with Gasteiger partial charge in [-0.05, 0) is 26.0 Å². The van der Waals surface area contributed by atoms with Gasteiger partial charge in [0.15, 0.2) is 5.78 Å². The predicted molar refractivity (Wildman–Crippen MR) is 113 cm³/mol. The Bertz CT molecular complexity index is 1090. The summed E-state index contributed by atoms with van der Waals surface area (Å²) in [5, 5.41) is 19.3. The van der Waals surface area contributed by atoms with E-state index in [4.69, 9.17) is 9.47 Å². The average Bonchev–Trinajstić information content (AvgIpc) is 2.99. The third kappa shape index (κ3) is 5.33. The third-order valence-electron chi connectivity index (χ3n) is 3.88. The molecule has 0 amide bonds. The third-order valence-corrected chi connectivity index (χ3v) is 6.21. The van der Waals surface area contributed by atoms with Crippen molar-refractivity contribution in [2.75, 3.05) is 13.7 Å². The monoisotopic (exact) mass is 452 g/mol. The van der Waals surface area contributed by atoms with E-state index in [1.54, 1.807) is 25.5 Å². The molecular formula is C18H20N4O6S2. The van der Waals surface area contributed by atoms with Crippen LogP contribution in [0.3, 0.4) is 0 Å². The molecule has 1 aromatic heterocycles. The fourth-order valence-corrected chi connectivity index (χ4v) is 4.06. The molecule has 0 bridgehead atoms. The number of carbonyl (C=O) groups excluding carboxylic acids is 2. The van der Waals surface area contributed by atoms with Crippen LogP contribution in [0.1, 0.15) is 29.2 Å². The molecule has 0 unspecified atom stereocenters. The van der Waals surface area contributed by atoms with E-state index in [2.05, 4.69) is 10.2 Å². The first-order valence-electron chi connectivity index (χ1n) is 8.66. The van der Waals surface area contributed by atoms with Crippen molar-refractivity contribution < 1.29 is 24.0 Å². The van der Waals surface area contributed by atoms with E-state index in [0.717, 1.165) is 28.8 Å². The van der Waals surface area contributed by atoms with Gasteiger partial charge in [0.2, 0.25) is 9.85 Å². The van der Waals surface area contributed by atoms with Crippen LogP contribution >= 0.6 is 23.1 Å². The second kappa shape index (κ2) is 10.2. The highest BCUT2D eigenvalue weighted by molar-refractivity contribution is 8.15. The van der Waals surface area contributed by atoms with E-state index in [1.165, 1.54) is 32.2 Å². The second-order valence-electron chi connectivity index (χ2n) is 5.83. The van der Waals surface area contributed by atoms with Crippen LogP contribution in [0.5, 0.6) is 5.75 Å². The summed E-state index contributed by atoms with van der Waals surface area (Å²) in [5.41, 5.74) is 0.477. The largest absolute Gasteiger partial charge is 0.497 e. The number of aromatic nitrogens is 1. The number of methoxy groups -OCH3 is 1. The predicted octanol–water partition coefficient (Wildman–Crippen LogP) is 3.08. The average molecular weight is 453 g/mol. The van der Waals surface area contributed by atoms with Crippen molar-refractivity contribution in [3.63, 3.8) is 0 Å². The van der Waals surface area contributed by atoms with E-state index in [0.29, 0.717) is 15.4 Å². The van der Waals surface area contributed by atoms with Gasteiger partial charge in [-0.2, -0.15) is 0 Å². The first kappa shape index (κ1) is 23.3.